The molecule has 0 aliphatic heterocycles. The maximum Gasteiger partial charge on any atom is 0.266 e. The predicted octanol–water partition coefficient (Wildman–Crippen LogP) is 3.63. The van der Waals surface area contributed by atoms with Gasteiger partial charge in [-0.2, -0.15) is 0 Å². The molecule has 6 nitrogen and oxygen atoms in total. The first-order valence-electron chi connectivity index (χ1n) is 7.96. The van der Waals surface area contributed by atoms with Crippen molar-refractivity contribution in [3.8, 4) is 16.9 Å². The topological polar surface area (TPSA) is 98.5 Å². The molecule has 0 unspecified atom stereocenters. The van der Waals surface area contributed by atoms with Crippen molar-refractivity contribution < 1.29 is 17.9 Å². The summed E-state index contributed by atoms with van der Waals surface area (Å²) in [5, 5.41) is 9.79. The van der Waals surface area contributed by atoms with Gasteiger partial charge in [0.25, 0.3) is 5.91 Å². The molecule has 1 aromatic heterocycles. The van der Waals surface area contributed by atoms with E-state index in [1.165, 1.54) is 30.6 Å². The number of amides is 1. The highest BCUT2D eigenvalue weighted by Crippen LogP contribution is 2.30. The number of hydrogen-bond donors (Lipinski definition) is 2. The number of carbonyl (C=O) groups excluding carboxylic acids is 1. The third-order valence-corrected chi connectivity index (χ3v) is 5.81. The van der Waals surface area contributed by atoms with Crippen LogP contribution in [0.2, 0.25) is 0 Å². The Balaban J connectivity index is 1.91. The third kappa shape index (κ3) is 4.19. The van der Waals surface area contributed by atoms with Gasteiger partial charge in [0.05, 0.1) is 12.0 Å². The highest BCUT2D eigenvalue weighted by atomic mass is 32.2. The molecule has 0 fully saturated rings. The number of nitrogens with one attached hydrogen (secondary N) is 1. The number of ether oxygens (including phenoxy) is 1. The lowest BCUT2D eigenvalue weighted by Gasteiger charge is -2.11. The van der Waals surface area contributed by atoms with Crippen LogP contribution in [0, 0.1) is 6.92 Å². The number of aryl methyl sites for hydroxylation is 1. The van der Waals surface area contributed by atoms with Crippen molar-refractivity contribution in [1.82, 2.24) is 0 Å². The van der Waals surface area contributed by atoms with Gasteiger partial charge in [-0.25, -0.2) is 13.6 Å². The molecule has 1 heterocycles. The second kappa shape index (κ2) is 7.51. The van der Waals surface area contributed by atoms with Crippen LogP contribution in [0.1, 0.15) is 15.2 Å². The number of primary sulfonamides is 1. The Kier molecular flexibility index (Phi) is 5.31. The van der Waals surface area contributed by atoms with Gasteiger partial charge in [0, 0.05) is 11.3 Å². The van der Waals surface area contributed by atoms with E-state index in [-0.39, 0.29) is 16.6 Å². The lowest BCUT2D eigenvalue weighted by Crippen LogP contribution is -2.15. The van der Waals surface area contributed by atoms with Crippen LogP contribution in [0.4, 0.5) is 5.69 Å². The number of hydrogen-bond acceptors (Lipinski definition) is 5. The van der Waals surface area contributed by atoms with Gasteiger partial charge in [-0.15, -0.1) is 11.3 Å². The van der Waals surface area contributed by atoms with E-state index < -0.39 is 10.0 Å². The zero-order valence-electron chi connectivity index (χ0n) is 14.7. The summed E-state index contributed by atoms with van der Waals surface area (Å²) in [4.78, 5) is 13.1. The van der Waals surface area contributed by atoms with Crippen LogP contribution in [-0.4, -0.2) is 21.4 Å². The number of benzene rings is 2. The first kappa shape index (κ1) is 19.1. The quantitative estimate of drug-likeness (QED) is 0.681. The SMILES string of the molecule is COc1ccc(NC(=O)c2sccc2-c2ccc(C)cc2)cc1S(N)(=O)=O. The minimum Gasteiger partial charge on any atom is -0.495 e. The second-order valence-electron chi connectivity index (χ2n) is 5.89. The summed E-state index contributed by atoms with van der Waals surface area (Å²) >= 11 is 1.31. The van der Waals surface area contributed by atoms with E-state index in [1.807, 2.05) is 42.6 Å². The van der Waals surface area contributed by atoms with Gasteiger partial charge in [-0.05, 0) is 42.1 Å². The van der Waals surface area contributed by atoms with Crippen LogP contribution in [0.3, 0.4) is 0 Å². The second-order valence-corrected chi connectivity index (χ2v) is 8.34. The number of sulfonamides is 1. The summed E-state index contributed by atoms with van der Waals surface area (Å²) in [5.41, 5.74) is 3.20. The Hall–Kier alpha value is -2.68. The van der Waals surface area contributed by atoms with Crippen LogP contribution in [0.15, 0.2) is 58.8 Å². The molecule has 0 bridgehead atoms. The lowest BCUT2D eigenvalue weighted by molar-refractivity contribution is 0.103. The largest absolute Gasteiger partial charge is 0.495 e. The fraction of sp³-hybridized carbons (Fsp3) is 0.105. The average molecular weight is 402 g/mol. The number of carbonyl (C=O) groups is 1. The van der Waals surface area contributed by atoms with Crippen molar-refractivity contribution in [2.45, 2.75) is 11.8 Å². The maximum absolute atomic E-state index is 12.7. The molecule has 27 heavy (non-hydrogen) atoms. The number of rotatable bonds is 5. The smallest absolute Gasteiger partial charge is 0.266 e. The molecule has 2 aromatic carbocycles. The predicted molar refractivity (Wildman–Crippen MR) is 107 cm³/mol. The van der Waals surface area contributed by atoms with Crippen LogP contribution in [-0.2, 0) is 10.0 Å². The van der Waals surface area contributed by atoms with E-state index in [4.69, 9.17) is 9.88 Å². The summed E-state index contributed by atoms with van der Waals surface area (Å²) in [6.07, 6.45) is 0. The number of anilines is 1. The molecule has 3 N–H and O–H groups in total. The molecule has 0 spiro atoms. The fourth-order valence-corrected chi connectivity index (χ4v) is 4.14. The number of methoxy groups -OCH3 is 1. The van der Waals surface area contributed by atoms with Crippen molar-refractivity contribution in [3.05, 3.63) is 64.4 Å². The van der Waals surface area contributed by atoms with Gasteiger partial charge in [0.2, 0.25) is 10.0 Å². The molecule has 0 atom stereocenters. The summed E-state index contributed by atoms with van der Waals surface area (Å²) in [6, 6.07) is 14.1. The summed E-state index contributed by atoms with van der Waals surface area (Å²) < 4.78 is 28.5. The molecule has 1 amide bonds. The van der Waals surface area contributed by atoms with E-state index >= 15 is 0 Å². The number of nitrogens with two attached hydrogens (primary N) is 1. The summed E-state index contributed by atoms with van der Waals surface area (Å²) in [5.74, 6) is -0.210. The molecule has 0 saturated carbocycles. The molecule has 0 radical (unpaired) electrons. The highest BCUT2D eigenvalue weighted by Gasteiger charge is 2.18. The molecule has 8 heteroatoms. The summed E-state index contributed by atoms with van der Waals surface area (Å²) in [6.45, 7) is 2.00. The minimum absolute atomic E-state index is 0.118. The first-order valence-corrected chi connectivity index (χ1v) is 10.4. The normalized spacial score (nSPS) is 11.2. The van der Waals surface area contributed by atoms with Crippen LogP contribution < -0.4 is 15.2 Å². The fourth-order valence-electron chi connectivity index (χ4n) is 2.61. The van der Waals surface area contributed by atoms with Gasteiger partial charge >= 0.3 is 0 Å². The molecular formula is C19H18N2O4S2. The zero-order valence-corrected chi connectivity index (χ0v) is 16.4. The van der Waals surface area contributed by atoms with Crippen LogP contribution in [0.25, 0.3) is 11.1 Å². The van der Waals surface area contributed by atoms with Crippen molar-refractivity contribution in [2.75, 3.05) is 12.4 Å². The maximum atomic E-state index is 12.7. The standard InChI is InChI=1S/C19H18N2O4S2/c1-12-3-5-13(6-4-12)15-9-10-26-18(15)19(22)21-14-7-8-16(25-2)17(11-14)27(20,23)24/h3-11H,1-2H3,(H,21,22)(H2,20,23,24). The zero-order chi connectivity index (χ0) is 19.6. The van der Waals surface area contributed by atoms with Crippen LogP contribution >= 0.6 is 11.3 Å². The van der Waals surface area contributed by atoms with Crippen molar-refractivity contribution in [1.29, 1.82) is 0 Å². The van der Waals surface area contributed by atoms with Gasteiger partial charge in [-0.1, -0.05) is 29.8 Å². The van der Waals surface area contributed by atoms with E-state index in [1.54, 1.807) is 6.07 Å². The third-order valence-electron chi connectivity index (χ3n) is 3.96. The molecule has 140 valence electrons. The molecular weight excluding hydrogens is 384 g/mol. The van der Waals surface area contributed by atoms with E-state index in [2.05, 4.69) is 5.32 Å². The van der Waals surface area contributed by atoms with Crippen LogP contribution in [0.5, 0.6) is 5.75 Å². The summed E-state index contributed by atoms with van der Waals surface area (Å²) in [7, 11) is -2.64. The Morgan fingerprint density at radius 2 is 1.81 bits per heavy atom. The van der Waals surface area contributed by atoms with Gasteiger partial charge in [0.15, 0.2) is 0 Å². The lowest BCUT2D eigenvalue weighted by atomic mass is 10.0. The first-order chi connectivity index (χ1) is 12.8. The van der Waals surface area contributed by atoms with Crippen molar-refractivity contribution >= 4 is 33.0 Å². The Morgan fingerprint density at radius 1 is 1.11 bits per heavy atom. The monoisotopic (exact) mass is 402 g/mol. The van der Waals surface area contributed by atoms with Gasteiger partial charge in [-0.3, -0.25) is 4.79 Å². The Labute approximate surface area is 161 Å². The highest BCUT2D eigenvalue weighted by molar-refractivity contribution is 7.89. The van der Waals surface area contributed by atoms with Gasteiger partial charge in [0.1, 0.15) is 10.6 Å². The molecule has 3 aromatic rings. The van der Waals surface area contributed by atoms with E-state index in [0.29, 0.717) is 10.6 Å². The van der Waals surface area contributed by atoms with Gasteiger partial charge < -0.3 is 10.1 Å². The Morgan fingerprint density at radius 3 is 2.44 bits per heavy atom. The van der Waals surface area contributed by atoms with E-state index in [9.17, 15) is 13.2 Å². The molecule has 0 saturated heterocycles. The number of thiophene rings is 1. The molecule has 3 rings (SSSR count). The Bertz CT molecular complexity index is 1090. The average Bonchev–Trinajstić information content (AvgIpc) is 3.11. The van der Waals surface area contributed by atoms with E-state index in [0.717, 1.165) is 16.7 Å². The van der Waals surface area contributed by atoms with Crippen molar-refractivity contribution in [3.63, 3.8) is 0 Å². The minimum atomic E-state index is -3.99. The molecule has 0 aliphatic carbocycles. The van der Waals surface area contributed by atoms with Crippen molar-refractivity contribution in [2.24, 2.45) is 5.14 Å². The molecule has 0 aliphatic rings.